The summed E-state index contributed by atoms with van der Waals surface area (Å²) >= 11 is 6.31. The average molecular weight is 404 g/mol. The van der Waals surface area contributed by atoms with E-state index in [1.807, 2.05) is 42.5 Å². The predicted octanol–water partition coefficient (Wildman–Crippen LogP) is 5.46. The van der Waals surface area contributed by atoms with Crippen LogP contribution in [0.25, 0.3) is 22.2 Å². The van der Waals surface area contributed by atoms with Crippen LogP contribution in [0.4, 0.5) is 4.39 Å². The van der Waals surface area contributed by atoms with E-state index in [0.717, 1.165) is 5.56 Å². The third-order valence-electron chi connectivity index (χ3n) is 4.34. The Morgan fingerprint density at radius 2 is 1.79 bits per heavy atom. The maximum absolute atomic E-state index is 13.3. The zero-order valence-electron chi connectivity index (χ0n) is 15.1. The number of fused-ring (bicyclic) bond motifs is 1. The molecule has 4 rings (SSSR count). The first-order chi connectivity index (χ1) is 14.1. The van der Waals surface area contributed by atoms with Gasteiger partial charge in [-0.15, -0.1) is 0 Å². The number of pyridine rings is 1. The Hall–Kier alpha value is -3.57. The number of carbonyl (C=O) groups excluding carboxylic acids is 1. The second kappa shape index (κ2) is 8.20. The molecule has 29 heavy (non-hydrogen) atoms. The van der Waals surface area contributed by atoms with Gasteiger partial charge in [0.2, 0.25) is 0 Å². The van der Waals surface area contributed by atoms with Crippen molar-refractivity contribution in [1.82, 2.24) is 10.4 Å². The lowest BCUT2D eigenvalue weighted by Crippen LogP contribution is -2.18. The van der Waals surface area contributed by atoms with Gasteiger partial charge in [-0.25, -0.2) is 14.8 Å². The number of hydrogen-bond acceptors (Lipinski definition) is 3. The van der Waals surface area contributed by atoms with Crippen LogP contribution in [0.5, 0.6) is 0 Å². The van der Waals surface area contributed by atoms with E-state index < -0.39 is 5.91 Å². The molecule has 142 valence electrons. The van der Waals surface area contributed by atoms with Gasteiger partial charge in [-0.1, -0.05) is 60.1 Å². The van der Waals surface area contributed by atoms with Gasteiger partial charge in [0, 0.05) is 16.0 Å². The third-order valence-corrected chi connectivity index (χ3v) is 4.67. The molecule has 0 radical (unpaired) electrons. The fourth-order valence-corrected chi connectivity index (χ4v) is 3.22. The van der Waals surface area contributed by atoms with Crippen LogP contribution < -0.4 is 5.43 Å². The smallest absolute Gasteiger partial charge is 0.267 e. The minimum atomic E-state index is -0.399. The molecule has 0 saturated carbocycles. The van der Waals surface area contributed by atoms with Crippen molar-refractivity contribution in [2.75, 3.05) is 0 Å². The van der Waals surface area contributed by atoms with Gasteiger partial charge in [0.15, 0.2) is 0 Å². The molecule has 6 heteroatoms. The van der Waals surface area contributed by atoms with Crippen LogP contribution in [-0.4, -0.2) is 17.1 Å². The maximum atomic E-state index is 13.3. The Kier molecular flexibility index (Phi) is 5.31. The number of benzene rings is 3. The number of rotatable bonds is 4. The van der Waals surface area contributed by atoms with Gasteiger partial charge in [-0.3, -0.25) is 4.79 Å². The second-order valence-corrected chi connectivity index (χ2v) is 6.71. The van der Waals surface area contributed by atoms with Gasteiger partial charge in [-0.2, -0.15) is 5.10 Å². The summed E-state index contributed by atoms with van der Waals surface area (Å²) in [5, 5.41) is 5.19. The molecule has 0 spiro atoms. The van der Waals surface area contributed by atoms with Crippen LogP contribution in [-0.2, 0) is 0 Å². The molecule has 0 atom stereocenters. The van der Waals surface area contributed by atoms with Crippen molar-refractivity contribution in [2.45, 2.75) is 0 Å². The van der Waals surface area contributed by atoms with Crippen molar-refractivity contribution in [3.8, 4) is 11.3 Å². The fraction of sp³-hybridized carbons (Fsp3) is 0. The SMILES string of the molecule is O=C(N/N=C/c1cccc(F)c1)c1cc(-c2ccccc2Cl)nc2ccccc12. The molecule has 3 aromatic carbocycles. The minimum absolute atomic E-state index is 0.371. The number of hydrogen-bond donors (Lipinski definition) is 1. The Bertz CT molecular complexity index is 1240. The summed E-state index contributed by atoms with van der Waals surface area (Å²) in [6.45, 7) is 0. The molecule has 1 N–H and O–H groups in total. The highest BCUT2D eigenvalue weighted by molar-refractivity contribution is 6.33. The summed E-state index contributed by atoms with van der Waals surface area (Å²) < 4.78 is 13.3. The molecule has 4 aromatic rings. The molecule has 0 bridgehead atoms. The molecule has 0 aliphatic carbocycles. The summed E-state index contributed by atoms with van der Waals surface area (Å²) in [4.78, 5) is 17.5. The summed E-state index contributed by atoms with van der Waals surface area (Å²) in [6.07, 6.45) is 1.39. The predicted molar refractivity (Wildman–Crippen MR) is 114 cm³/mol. The van der Waals surface area contributed by atoms with E-state index in [-0.39, 0.29) is 5.82 Å². The van der Waals surface area contributed by atoms with E-state index in [1.54, 1.807) is 24.3 Å². The Balaban J connectivity index is 1.70. The Morgan fingerprint density at radius 1 is 1.00 bits per heavy atom. The number of hydrazone groups is 1. The average Bonchev–Trinajstić information content (AvgIpc) is 2.73. The summed E-state index contributed by atoms with van der Waals surface area (Å²) in [5.41, 5.74) is 5.46. The third kappa shape index (κ3) is 4.15. The molecule has 1 amide bonds. The van der Waals surface area contributed by atoms with Gasteiger partial charge in [0.05, 0.1) is 23.0 Å². The fourth-order valence-electron chi connectivity index (χ4n) is 2.98. The van der Waals surface area contributed by atoms with Gasteiger partial charge in [-0.05, 0) is 35.9 Å². The van der Waals surface area contributed by atoms with E-state index in [2.05, 4.69) is 15.5 Å². The first-order valence-electron chi connectivity index (χ1n) is 8.85. The Labute approximate surface area is 171 Å². The van der Waals surface area contributed by atoms with Crippen molar-refractivity contribution in [3.05, 3.63) is 101 Å². The molecule has 1 aromatic heterocycles. The van der Waals surface area contributed by atoms with Crippen LogP contribution in [0.3, 0.4) is 0 Å². The summed E-state index contributed by atoms with van der Waals surface area (Å²) in [5.74, 6) is -0.769. The van der Waals surface area contributed by atoms with E-state index >= 15 is 0 Å². The number of nitrogens with one attached hydrogen (secondary N) is 1. The number of amides is 1. The standard InChI is InChI=1S/C23H15ClFN3O/c24-20-10-3-1-9-18(20)22-13-19(17-8-2-4-11-21(17)27-22)23(29)28-26-14-15-6-5-7-16(25)12-15/h1-14H,(H,28,29)/b26-14+. The van der Waals surface area contributed by atoms with Crippen LogP contribution in [0.2, 0.25) is 5.02 Å². The van der Waals surface area contributed by atoms with E-state index in [9.17, 15) is 9.18 Å². The van der Waals surface area contributed by atoms with Crippen LogP contribution in [0.15, 0.2) is 84.0 Å². The zero-order chi connectivity index (χ0) is 20.2. The van der Waals surface area contributed by atoms with E-state index in [4.69, 9.17) is 11.6 Å². The lowest BCUT2D eigenvalue weighted by molar-refractivity contribution is 0.0956. The molecular weight excluding hydrogens is 389 g/mol. The van der Waals surface area contributed by atoms with Gasteiger partial charge in [0.1, 0.15) is 5.82 Å². The number of para-hydroxylation sites is 1. The summed E-state index contributed by atoms with van der Waals surface area (Å²) in [6, 6.07) is 22.3. The van der Waals surface area contributed by atoms with Crippen molar-refractivity contribution >= 4 is 34.6 Å². The van der Waals surface area contributed by atoms with Crippen molar-refractivity contribution in [3.63, 3.8) is 0 Å². The molecule has 4 nitrogen and oxygen atoms in total. The summed E-state index contributed by atoms with van der Waals surface area (Å²) in [7, 11) is 0. The molecular formula is C23H15ClFN3O. The van der Waals surface area contributed by atoms with Crippen molar-refractivity contribution in [1.29, 1.82) is 0 Å². The van der Waals surface area contributed by atoms with E-state index in [1.165, 1.54) is 18.3 Å². The van der Waals surface area contributed by atoms with E-state index in [0.29, 0.717) is 32.7 Å². The quantitative estimate of drug-likeness (QED) is 0.363. The lowest BCUT2D eigenvalue weighted by Gasteiger charge is -2.10. The molecule has 0 saturated heterocycles. The molecule has 0 aliphatic heterocycles. The highest BCUT2D eigenvalue weighted by atomic mass is 35.5. The normalized spacial score (nSPS) is 11.1. The second-order valence-electron chi connectivity index (χ2n) is 6.31. The van der Waals surface area contributed by atoms with Crippen molar-refractivity contribution < 1.29 is 9.18 Å². The number of halogens is 2. The van der Waals surface area contributed by atoms with Crippen molar-refractivity contribution in [2.24, 2.45) is 5.10 Å². The first-order valence-corrected chi connectivity index (χ1v) is 9.23. The molecule has 0 aliphatic rings. The highest BCUT2D eigenvalue weighted by Crippen LogP contribution is 2.29. The minimum Gasteiger partial charge on any atom is -0.267 e. The van der Waals surface area contributed by atoms with Gasteiger partial charge >= 0.3 is 0 Å². The van der Waals surface area contributed by atoms with Gasteiger partial charge < -0.3 is 0 Å². The maximum Gasteiger partial charge on any atom is 0.272 e. The lowest BCUT2D eigenvalue weighted by atomic mass is 10.0. The van der Waals surface area contributed by atoms with Crippen LogP contribution in [0, 0.1) is 5.82 Å². The molecule has 0 fully saturated rings. The number of aromatic nitrogens is 1. The molecule has 1 heterocycles. The number of carbonyl (C=O) groups is 1. The van der Waals surface area contributed by atoms with Crippen LogP contribution in [0.1, 0.15) is 15.9 Å². The topological polar surface area (TPSA) is 54.4 Å². The highest BCUT2D eigenvalue weighted by Gasteiger charge is 2.14. The van der Waals surface area contributed by atoms with Crippen LogP contribution >= 0.6 is 11.6 Å². The molecule has 0 unspecified atom stereocenters. The van der Waals surface area contributed by atoms with Gasteiger partial charge in [0.25, 0.3) is 5.91 Å². The zero-order valence-corrected chi connectivity index (χ0v) is 15.9. The monoisotopic (exact) mass is 403 g/mol. The largest absolute Gasteiger partial charge is 0.272 e. The number of nitrogens with zero attached hydrogens (tertiary/aromatic N) is 2. The Morgan fingerprint density at radius 3 is 2.62 bits per heavy atom. The first kappa shape index (κ1) is 18.8.